The number of aromatic nitrogens is 1. The van der Waals surface area contributed by atoms with Gasteiger partial charge in [-0.2, -0.15) is 0 Å². The number of benzene rings is 2. The standard InChI is InChI=1S/C20H22N2O3/c1-20(2,3)25-19(23)22-16(12-14-6-4-5-7-18(14)22)13-24-17-10-8-15(21)9-11-17/h4-12H,13,21H2,1-3H3. The Bertz CT molecular complexity index is 889. The highest BCUT2D eigenvalue weighted by Gasteiger charge is 2.22. The van der Waals surface area contributed by atoms with Crippen LogP contribution >= 0.6 is 0 Å². The summed E-state index contributed by atoms with van der Waals surface area (Å²) in [7, 11) is 0. The number of ether oxygens (including phenoxy) is 2. The van der Waals surface area contributed by atoms with Crippen molar-refractivity contribution in [1.82, 2.24) is 4.57 Å². The zero-order valence-corrected chi connectivity index (χ0v) is 14.7. The minimum atomic E-state index is -0.572. The molecule has 0 aliphatic heterocycles. The van der Waals surface area contributed by atoms with E-state index in [9.17, 15) is 4.79 Å². The number of nitrogen functional groups attached to an aromatic ring is 1. The second kappa shape index (κ2) is 6.51. The highest BCUT2D eigenvalue weighted by molar-refractivity contribution is 5.91. The minimum absolute atomic E-state index is 0.248. The summed E-state index contributed by atoms with van der Waals surface area (Å²) in [4.78, 5) is 12.7. The van der Waals surface area contributed by atoms with Gasteiger partial charge in [0.2, 0.25) is 0 Å². The maximum atomic E-state index is 12.7. The molecule has 0 saturated carbocycles. The Balaban J connectivity index is 1.92. The number of carbonyl (C=O) groups excluding carboxylic acids is 1. The Morgan fingerprint density at radius 2 is 1.76 bits per heavy atom. The highest BCUT2D eigenvalue weighted by Crippen LogP contribution is 2.23. The van der Waals surface area contributed by atoms with Crippen molar-refractivity contribution in [3.05, 3.63) is 60.3 Å². The van der Waals surface area contributed by atoms with Crippen LogP contribution < -0.4 is 10.5 Å². The van der Waals surface area contributed by atoms with Gasteiger partial charge < -0.3 is 15.2 Å². The molecule has 0 spiro atoms. The zero-order valence-electron chi connectivity index (χ0n) is 14.7. The van der Waals surface area contributed by atoms with E-state index in [1.807, 2.05) is 51.1 Å². The van der Waals surface area contributed by atoms with E-state index in [1.165, 1.54) is 0 Å². The molecule has 0 saturated heterocycles. The second-order valence-electron chi connectivity index (χ2n) is 6.87. The molecule has 0 aliphatic carbocycles. The van der Waals surface area contributed by atoms with E-state index in [1.54, 1.807) is 28.8 Å². The topological polar surface area (TPSA) is 66.5 Å². The Morgan fingerprint density at radius 3 is 2.44 bits per heavy atom. The number of anilines is 1. The van der Waals surface area contributed by atoms with Gasteiger partial charge in [0.1, 0.15) is 18.0 Å². The second-order valence-corrected chi connectivity index (χ2v) is 6.87. The lowest BCUT2D eigenvalue weighted by Gasteiger charge is -2.21. The Kier molecular flexibility index (Phi) is 4.40. The van der Waals surface area contributed by atoms with E-state index in [0.717, 1.165) is 16.6 Å². The van der Waals surface area contributed by atoms with Gasteiger partial charge in [-0.25, -0.2) is 9.36 Å². The average molecular weight is 338 g/mol. The largest absolute Gasteiger partial charge is 0.487 e. The van der Waals surface area contributed by atoms with Crippen molar-refractivity contribution >= 4 is 22.7 Å². The first kappa shape index (κ1) is 16.9. The fourth-order valence-corrected chi connectivity index (χ4v) is 2.56. The lowest BCUT2D eigenvalue weighted by Crippen LogP contribution is -2.28. The number of nitrogens with two attached hydrogens (primary N) is 1. The number of carbonyl (C=O) groups is 1. The quantitative estimate of drug-likeness (QED) is 0.710. The molecule has 3 rings (SSSR count). The van der Waals surface area contributed by atoms with E-state index in [4.69, 9.17) is 15.2 Å². The van der Waals surface area contributed by atoms with Gasteiger partial charge in [-0.3, -0.25) is 0 Å². The monoisotopic (exact) mass is 338 g/mol. The number of fused-ring (bicyclic) bond motifs is 1. The molecule has 25 heavy (non-hydrogen) atoms. The summed E-state index contributed by atoms with van der Waals surface area (Å²) >= 11 is 0. The molecular formula is C20H22N2O3. The third kappa shape index (κ3) is 3.94. The molecule has 1 aromatic heterocycles. The lowest BCUT2D eigenvalue weighted by atomic mass is 10.2. The molecule has 130 valence electrons. The maximum absolute atomic E-state index is 12.7. The van der Waals surface area contributed by atoms with Crippen molar-refractivity contribution in [3.63, 3.8) is 0 Å². The predicted octanol–water partition coefficient (Wildman–Crippen LogP) is 4.59. The van der Waals surface area contributed by atoms with Gasteiger partial charge in [0.15, 0.2) is 0 Å². The molecule has 0 amide bonds. The molecule has 3 aromatic rings. The molecule has 0 radical (unpaired) electrons. The summed E-state index contributed by atoms with van der Waals surface area (Å²) in [6, 6.07) is 16.8. The van der Waals surface area contributed by atoms with Crippen LogP contribution in [0.3, 0.4) is 0 Å². The van der Waals surface area contributed by atoms with Gasteiger partial charge >= 0.3 is 6.09 Å². The molecule has 0 fully saturated rings. The van der Waals surface area contributed by atoms with Crippen molar-refractivity contribution in [2.75, 3.05) is 5.73 Å². The van der Waals surface area contributed by atoms with Gasteiger partial charge in [-0.05, 0) is 57.2 Å². The Morgan fingerprint density at radius 1 is 1.08 bits per heavy atom. The van der Waals surface area contributed by atoms with Crippen LogP contribution in [-0.4, -0.2) is 16.3 Å². The highest BCUT2D eigenvalue weighted by atomic mass is 16.6. The fraction of sp³-hybridized carbons (Fsp3) is 0.250. The van der Waals surface area contributed by atoms with Crippen molar-refractivity contribution in [2.45, 2.75) is 33.0 Å². The molecule has 2 aromatic carbocycles. The number of para-hydroxylation sites is 1. The average Bonchev–Trinajstić information content (AvgIpc) is 2.91. The third-order valence-electron chi connectivity index (χ3n) is 3.63. The van der Waals surface area contributed by atoms with E-state index < -0.39 is 11.7 Å². The van der Waals surface area contributed by atoms with Gasteiger partial charge in [-0.1, -0.05) is 18.2 Å². The first-order chi connectivity index (χ1) is 11.8. The summed E-state index contributed by atoms with van der Waals surface area (Å²) in [6.45, 7) is 5.79. The normalized spacial score (nSPS) is 11.5. The molecule has 2 N–H and O–H groups in total. The first-order valence-corrected chi connectivity index (χ1v) is 8.14. The van der Waals surface area contributed by atoms with Crippen molar-refractivity contribution in [2.24, 2.45) is 0 Å². The summed E-state index contributed by atoms with van der Waals surface area (Å²) in [5.74, 6) is 0.690. The Hall–Kier alpha value is -2.95. The first-order valence-electron chi connectivity index (χ1n) is 8.14. The summed E-state index contributed by atoms with van der Waals surface area (Å²) < 4.78 is 12.9. The molecule has 1 heterocycles. The van der Waals surface area contributed by atoms with Crippen LogP contribution in [0.1, 0.15) is 26.5 Å². The lowest BCUT2D eigenvalue weighted by molar-refractivity contribution is 0.0535. The van der Waals surface area contributed by atoms with Gasteiger partial charge in [0.25, 0.3) is 0 Å². The number of hydrogen-bond acceptors (Lipinski definition) is 4. The smallest absolute Gasteiger partial charge is 0.419 e. The number of nitrogens with zero attached hydrogens (tertiary/aromatic N) is 1. The van der Waals surface area contributed by atoms with Gasteiger partial charge in [0, 0.05) is 11.1 Å². The molecule has 0 unspecified atom stereocenters. The van der Waals surface area contributed by atoms with Crippen molar-refractivity contribution in [3.8, 4) is 5.75 Å². The van der Waals surface area contributed by atoms with Crippen LogP contribution in [0.15, 0.2) is 54.6 Å². The predicted molar refractivity (Wildman–Crippen MR) is 98.8 cm³/mol. The number of hydrogen-bond donors (Lipinski definition) is 1. The molecule has 0 atom stereocenters. The Labute approximate surface area is 147 Å². The maximum Gasteiger partial charge on any atom is 0.419 e. The van der Waals surface area contributed by atoms with Crippen LogP contribution in [0.25, 0.3) is 10.9 Å². The minimum Gasteiger partial charge on any atom is -0.487 e. The molecule has 5 nitrogen and oxygen atoms in total. The van der Waals surface area contributed by atoms with Crippen LogP contribution in [0, 0.1) is 0 Å². The third-order valence-corrected chi connectivity index (χ3v) is 3.63. The molecular weight excluding hydrogens is 316 g/mol. The zero-order chi connectivity index (χ0) is 18.0. The van der Waals surface area contributed by atoms with E-state index in [0.29, 0.717) is 11.4 Å². The SMILES string of the molecule is CC(C)(C)OC(=O)n1c(COc2ccc(N)cc2)cc2ccccc21. The van der Waals surface area contributed by atoms with E-state index in [-0.39, 0.29) is 6.61 Å². The van der Waals surface area contributed by atoms with E-state index >= 15 is 0 Å². The van der Waals surface area contributed by atoms with Gasteiger partial charge in [0.05, 0.1) is 11.2 Å². The summed E-state index contributed by atoms with van der Waals surface area (Å²) in [6.07, 6.45) is -0.412. The molecule has 5 heteroatoms. The van der Waals surface area contributed by atoms with Crippen LogP contribution in [0.2, 0.25) is 0 Å². The van der Waals surface area contributed by atoms with Gasteiger partial charge in [-0.15, -0.1) is 0 Å². The summed E-state index contributed by atoms with van der Waals surface area (Å²) in [5.41, 5.74) is 7.32. The van der Waals surface area contributed by atoms with Crippen molar-refractivity contribution in [1.29, 1.82) is 0 Å². The number of rotatable bonds is 3. The van der Waals surface area contributed by atoms with Crippen molar-refractivity contribution < 1.29 is 14.3 Å². The van der Waals surface area contributed by atoms with Crippen LogP contribution in [-0.2, 0) is 11.3 Å². The molecule has 0 aliphatic rings. The fourth-order valence-electron chi connectivity index (χ4n) is 2.56. The summed E-state index contributed by atoms with van der Waals surface area (Å²) in [5, 5.41) is 0.962. The molecule has 0 bridgehead atoms. The van der Waals surface area contributed by atoms with Crippen LogP contribution in [0.5, 0.6) is 5.75 Å². The van der Waals surface area contributed by atoms with Crippen LogP contribution in [0.4, 0.5) is 10.5 Å². The van der Waals surface area contributed by atoms with E-state index in [2.05, 4.69) is 0 Å².